The van der Waals surface area contributed by atoms with Gasteiger partial charge in [0.25, 0.3) is 0 Å². The van der Waals surface area contributed by atoms with E-state index in [0.29, 0.717) is 0 Å². The van der Waals surface area contributed by atoms with Crippen molar-refractivity contribution in [3.05, 3.63) is 29.3 Å². The largest absolute Gasteiger partial charge is 0.496 e. The highest BCUT2D eigenvalue weighted by molar-refractivity contribution is 5.37. The summed E-state index contributed by atoms with van der Waals surface area (Å²) in [5.74, 6) is 0.923. The smallest absolute Gasteiger partial charge is 0.121 e. The Balaban J connectivity index is 2.95. The maximum atomic E-state index is 5.91. The third-order valence-electron chi connectivity index (χ3n) is 2.29. The molecule has 72 valence electrons. The van der Waals surface area contributed by atoms with Crippen LogP contribution in [0.3, 0.4) is 0 Å². The topological polar surface area (TPSA) is 35.2 Å². The lowest BCUT2D eigenvalue weighted by molar-refractivity contribution is 0.411. The minimum absolute atomic E-state index is 0.143. The van der Waals surface area contributed by atoms with Crippen LogP contribution < -0.4 is 10.5 Å². The van der Waals surface area contributed by atoms with Crippen molar-refractivity contribution in [2.45, 2.75) is 26.3 Å². The number of benzene rings is 1. The minimum atomic E-state index is 0.143. The van der Waals surface area contributed by atoms with Crippen LogP contribution in [0.25, 0.3) is 0 Å². The van der Waals surface area contributed by atoms with Crippen LogP contribution in [0.4, 0.5) is 0 Å². The van der Waals surface area contributed by atoms with Crippen LogP contribution in [0.1, 0.15) is 30.5 Å². The second-order valence-corrected chi connectivity index (χ2v) is 3.24. The van der Waals surface area contributed by atoms with E-state index in [1.807, 2.05) is 19.1 Å². The van der Waals surface area contributed by atoms with E-state index in [1.54, 1.807) is 7.11 Å². The van der Waals surface area contributed by atoms with Crippen LogP contribution in [0.15, 0.2) is 18.2 Å². The van der Waals surface area contributed by atoms with Crippen molar-refractivity contribution >= 4 is 0 Å². The van der Waals surface area contributed by atoms with Crippen molar-refractivity contribution in [3.8, 4) is 5.75 Å². The van der Waals surface area contributed by atoms with Gasteiger partial charge in [-0.3, -0.25) is 0 Å². The Morgan fingerprint density at radius 3 is 2.62 bits per heavy atom. The summed E-state index contributed by atoms with van der Waals surface area (Å²) in [5.41, 5.74) is 8.24. The number of ether oxygens (including phenoxy) is 1. The maximum absolute atomic E-state index is 5.91. The van der Waals surface area contributed by atoms with Crippen molar-refractivity contribution in [3.63, 3.8) is 0 Å². The highest BCUT2D eigenvalue weighted by Crippen LogP contribution is 2.22. The summed E-state index contributed by atoms with van der Waals surface area (Å²) < 4.78 is 5.17. The molecule has 0 aliphatic carbocycles. The SMILES string of the molecule is CCC(N)c1ccc(OC)c(C)c1. The first kappa shape index (κ1) is 10.1. The number of rotatable bonds is 3. The molecule has 2 N–H and O–H groups in total. The summed E-state index contributed by atoms with van der Waals surface area (Å²) >= 11 is 0. The molecule has 0 amide bonds. The summed E-state index contributed by atoms with van der Waals surface area (Å²) in [6.45, 7) is 4.12. The van der Waals surface area contributed by atoms with E-state index >= 15 is 0 Å². The molecule has 0 spiro atoms. The Kier molecular flexibility index (Phi) is 3.32. The first-order valence-corrected chi connectivity index (χ1v) is 4.59. The van der Waals surface area contributed by atoms with Crippen molar-refractivity contribution in [1.82, 2.24) is 0 Å². The first-order valence-electron chi connectivity index (χ1n) is 4.59. The van der Waals surface area contributed by atoms with E-state index in [-0.39, 0.29) is 6.04 Å². The van der Waals surface area contributed by atoms with Gasteiger partial charge < -0.3 is 10.5 Å². The molecular weight excluding hydrogens is 162 g/mol. The minimum Gasteiger partial charge on any atom is -0.496 e. The van der Waals surface area contributed by atoms with E-state index < -0.39 is 0 Å². The fourth-order valence-corrected chi connectivity index (χ4v) is 1.37. The fraction of sp³-hybridized carbons (Fsp3) is 0.455. The number of methoxy groups -OCH3 is 1. The van der Waals surface area contributed by atoms with E-state index in [1.165, 1.54) is 5.56 Å². The number of nitrogens with two attached hydrogens (primary N) is 1. The van der Waals surface area contributed by atoms with E-state index in [9.17, 15) is 0 Å². The Labute approximate surface area is 79.7 Å². The molecule has 0 aliphatic heterocycles. The molecule has 2 nitrogen and oxygen atoms in total. The first-order chi connectivity index (χ1) is 6.19. The average molecular weight is 179 g/mol. The molecule has 0 aliphatic rings. The summed E-state index contributed by atoms with van der Waals surface area (Å²) in [6.07, 6.45) is 0.964. The third-order valence-corrected chi connectivity index (χ3v) is 2.29. The number of hydrogen-bond acceptors (Lipinski definition) is 2. The molecule has 1 aromatic rings. The number of aryl methyl sites for hydroxylation is 1. The predicted octanol–water partition coefficient (Wildman–Crippen LogP) is 2.41. The van der Waals surface area contributed by atoms with Crippen LogP contribution >= 0.6 is 0 Å². The summed E-state index contributed by atoms with van der Waals surface area (Å²) in [7, 11) is 1.68. The molecule has 0 radical (unpaired) electrons. The van der Waals surface area contributed by atoms with Gasteiger partial charge in [-0.1, -0.05) is 19.1 Å². The van der Waals surface area contributed by atoms with Crippen molar-refractivity contribution in [2.24, 2.45) is 5.73 Å². The summed E-state index contributed by atoms with van der Waals surface area (Å²) in [5, 5.41) is 0. The van der Waals surface area contributed by atoms with Gasteiger partial charge in [0.1, 0.15) is 5.75 Å². The van der Waals surface area contributed by atoms with Crippen LogP contribution in [-0.2, 0) is 0 Å². The Morgan fingerprint density at radius 1 is 1.46 bits per heavy atom. The predicted molar refractivity (Wildman–Crippen MR) is 55.0 cm³/mol. The van der Waals surface area contributed by atoms with Crippen LogP contribution in [0, 0.1) is 6.92 Å². The number of hydrogen-bond donors (Lipinski definition) is 1. The molecule has 0 fully saturated rings. The van der Waals surface area contributed by atoms with E-state index in [4.69, 9.17) is 10.5 Å². The van der Waals surface area contributed by atoms with Crippen molar-refractivity contribution in [1.29, 1.82) is 0 Å². The van der Waals surface area contributed by atoms with Gasteiger partial charge >= 0.3 is 0 Å². The van der Waals surface area contributed by atoms with Gasteiger partial charge in [0.05, 0.1) is 7.11 Å². The van der Waals surface area contributed by atoms with Gasteiger partial charge in [-0.05, 0) is 30.5 Å². The molecule has 0 saturated heterocycles. The molecule has 2 heteroatoms. The third kappa shape index (κ3) is 2.22. The highest BCUT2D eigenvalue weighted by atomic mass is 16.5. The zero-order valence-electron chi connectivity index (χ0n) is 8.50. The zero-order chi connectivity index (χ0) is 9.84. The quantitative estimate of drug-likeness (QED) is 0.773. The van der Waals surface area contributed by atoms with Crippen LogP contribution in [0.5, 0.6) is 5.75 Å². The maximum Gasteiger partial charge on any atom is 0.121 e. The van der Waals surface area contributed by atoms with Gasteiger partial charge in [-0.25, -0.2) is 0 Å². The second kappa shape index (κ2) is 4.28. The Bertz CT molecular complexity index is 283. The van der Waals surface area contributed by atoms with Crippen LogP contribution in [0.2, 0.25) is 0 Å². The zero-order valence-corrected chi connectivity index (χ0v) is 8.50. The van der Waals surface area contributed by atoms with E-state index in [2.05, 4.69) is 13.0 Å². The lowest BCUT2D eigenvalue weighted by Crippen LogP contribution is -2.08. The lowest BCUT2D eigenvalue weighted by atomic mass is 10.0. The highest BCUT2D eigenvalue weighted by Gasteiger charge is 2.05. The van der Waals surface area contributed by atoms with Gasteiger partial charge in [-0.15, -0.1) is 0 Å². The van der Waals surface area contributed by atoms with Gasteiger partial charge in [0.2, 0.25) is 0 Å². The van der Waals surface area contributed by atoms with Crippen molar-refractivity contribution in [2.75, 3.05) is 7.11 Å². The Hall–Kier alpha value is -1.02. The molecule has 0 saturated carbocycles. The standard InChI is InChI=1S/C11H17NO/c1-4-10(12)9-5-6-11(13-3)8(2)7-9/h5-7,10H,4,12H2,1-3H3. The molecule has 0 bridgehead atoms. The Morgan fingerprint density at radius 2 is 2.15 bits per heavy atom. The molecule has 0 aromatic heterocycles. The van der Waals surface area contributed by atoms with Gasteiger partial charge in [0, 0.05) is 6.04 Å². The molecule has 0 heterocycles. The molecule has 1 unspecified atom stereocenters. The van der Waals surface area contributed by atoms with E-state index in [0.717, 1.165) is 17.7 Å². The summed E-state index contributed by atoms with van der Waals surface area (Å²) in [6, 6.07) is 6.23. The molecule has 1 atom stereocenters. The molecule has 13 heavy (non-hydrogen) atoms. The second-order valence-electron chi connectivity index (χ2n) is 3.24. The monoisotopic (exact) mass is 179 g/mol. The van der Waals surface area contributed by atoms with Crippen LogP contribution in [-0.4, -0.2) is 7.11 Å². The lowest BCUT2D eigenvalue weighted by Gasteiger charge is -2.11. The fourth-order valence-electron chi connectivity index (χ4n) is 1.37. The van der Waals surface area contributed by atoms with Gasteiger partial charge in [-0.2, -0.15) is 0 Å². The summed E-state index contributed by atoms with van der Waals surface area (Å²) in [4.78, 5) is 0. The average Bonchev–Trinajstić information content (AvgIpc) is 2.16. The molecule has 1 rings (SSSR count). The molecular formula is C11H17NO. The van der Waals surface area contributed by atoms with Gasteiger partial charge in [0.15, 0.2) is 0 Å². The molecule has 1 aromatic carbocycles. The normalized spacial score (nSPS) is 12.6. The van der Waals surface area contributed by atoms with Crippen molar-refractivity contribution < 1.29 is 4.74 Å².